The van der Waals surface area contributed by atoms with Gasteiger partial charge in [-0.1, -0.05) is 22.6 Å². The van der Waals surface area contributed by atoms with Gasteiger partial charge in [-0.3, -0.25) is 0 Å². The van der Waals surface area contributed by atoms with E-state index in [4.69, 9.17) is 5.73 Å². The Morgan fingerprint density at radius 2 is 2.12 bits per heavy atom. The van der Waals surface area contributed by atoms with E-state index in [2.05, 4.69) is 0 Å². The molecule has 0 aromatic rings. The summed E-state index contributed by atoms with van der Waals surface area (Å²) >= 11 is 1.94. The van der Waals surface area contributed by atoms with Crippen LogP contribution in [0.2, 0.25) is 0 Å². The summed E-state index contributed by atoms with van der Waals surface area (Å²) in [6.45, 7) is 0. The van der Waals surface area contributed by atoms with Gasteiger partial charge >= 0.3 is 0 Å². The molecule has 2 unspecified atom stereocenters. The zero-order chi connectivity index (χ0) is 6.36. The summed E-state index contributed by atoms with van der Waals surface area (Å²) in [4.78, 5) is 0. The minimum absolute atomic E-state index is 0.0138. The van der Waals surface area contributed by atoms with Crippen molar-refractivity contribution in [1.82, 2.24) is 0 Å². The lowest BCUT2D eigenvalue weighted by Gasteiger charge is -2.04. The molecular weight excluding hydrogens is 227 g/mol. The Balaban J connectivity index is 2.47. The van der Waals surface area contributed by atoms with Gasteiger partial charge in [0.25, 0.3) is 6.43 Å². The van der Waals surface area contributed by atoms with Crippen LogP contribution in [0.25, 0.3) is 0 Å². The van der Waals surface area contributed by atoms with Gasteiger partial charge in [-0.2, -0.15) is 0 Å². The number of alkyl halides is 3. The third-order valence-electron chi connectivity index (χ3n) is 1.36. The summed E-state index contributed by atoms with van der Waals surface area (Å²) in [5.41, 5.74) is 4.04. The second-order valence-corrected chi connectivity index (χ2v) is 3.59. The number of halogens is 3. The Morgan fingerprint density at radius 3 is 2.12 bits per heavy atom. The highest BCUT2D eigenvalue weighted by molar-refractivity contribution is 14.1. The molecule has 0 radical (unpaired) electrons. The standard InChI is InChI=1S/C4H6F2IN/c5-3(6)4(8)1-2(4)7/h2-3H,1,8H2. The van der Waals surface area contributed by atoms with Crippen LogP contribution in [0.5, 0.6) is 0 Å². The molecule has 1 aliphatic rings. The van der Waals surface area contributed by atoms with E-state index >= 15 is 0 Å². The highest BCUT2D eigenvalue weighted by Gasteiger charge is 2.56. The van der Waals surface area contributed by atoms with Crippen molar-refractivity contribution in [3.05, 3.63) is 0 Å². The van der Waals surface area contributed by atoms with E-state index in [1.54, 1.807) is 0 Å². The van der Waals surface area contributed by atoms with E-state index in [0.29, 0.717) is 6.42 Å². The Kier molecular flexibility index (Phi) is 1.47. The first-order valence-corrected chi connectivity index (χ1v) is 3.53. The Bertz CT molecular complexity index is 108. The fourth-order valence-corrected chi connectivity index (χ4v) is 1.51. The highest BCUT2D eigenvalue weighted by Crippen LogP contribution is 2.44. The third kappa shape index (κ3) is 0.834. The molecule has 1 fully saturated rings. The highest BCUT2D eigenvalue weighted by atomic mass is 127. The fraction of sp³-hybridized carbons (Fsp3) is 1.00. The first-order valence-electron chi connectivity index (χ1n) is 2.28. The first-order chi connectivity index (χ1) is 3.57. The maximum absolute atomic E-state index is 11.7. The molecule has 0 aromatic carbocycles. The summed E-state index contributed by atoms with van der Waals surface area (Å²) in [6, 6.07) is 0. The molecule has 1 rings (SSSR count). The normalized spacial score (nSPS) is 45.4. The van der Waals surface area contributed by atoms with Crippen molar-refractivity contribution < 1.29 is 8.78 Å². The zero-order valence-corrected chi connectivity index (χ0v) is 6.23. The smallest absolute Gasteiger partial charge is 0.257 e. The maximum Gasteiger partial charge on any atom is 0.257 e. The molecule has 0 heterocycles. The predicted molar refractivity (Wildman–Crippen MR) is 35.3 cm³/mol. The van der Waals surface area contributed by atoms with Crippen molar-refractivity contribution in [2.45, 2.75) is 22.3 Å². The van der Waals surface area contributed by atoms with Crippen molar-refractivity contribution in [2.75, 3.05) is 0 Å². The van der Waals surface area contributed by atoms with Crippen LogP contribution in [0, 0.1) is 0 Å². The predicted octanol–water partition coefficient (Wildman–Crippen LogP) is 1.16. The minimum Gasteiger partial charge on any atom is -0.319 e. The van der Waals surface area contributed by atoms with Gasteiger partial charge in [-0.25, -0.2) is 8.78 Å². The van der Waals surface area contributed by atoms with Crippen molar-refractivity contribution in [2.24, 2.45) is 5.73 Å². The Hall–Kier alpha value is 0.550. The van der Waals surface area contributed by atoms with Gasteiger partial charge in [0, 0.05) is 3.92 Å². The summed E-state index contributed by atoms with van der Waals surface area (Å²) in [5.74, 6) is 0. The average Bonchev–Trinajstić information content (AvgIpc) is 2.17. The molecule has 1 aliphatic carbocycles. The van der Waals surface area contributed by atoms with Crippen molar-refractivity contribution in [1.29, 1.82) is 0 Å². The quantitative estimate of drug-likeness (QED) is 0.533. The molecule has 0 amide bonds. The van der Waals surface area contributed by atoms with Crippen LogP contribution < -0.4 is 5.73 Å². The van der Waals surface area contributed by atoms with Crippen LogP contribution in [0.1, 0.15) is 6.42 Å². The van der Waals surface area contributed by atoms with E-state index in [-0.39, 0.29) is 3.92 Å². The second kappa shape index (κ2) is 1.76. The van der Waals surface area contributed by atoms with Gasteiger partial charge in [0.2, 0.25) is 0 Å². The largest absolute Gasteiger partial charge is 0.319 e. The molecule has 1 saturated carbocycles. The van der Waals surface area contributed by atoms with E-state index in [1.165, 1.54) is 0 Å². The van der Waals surface area contributed by atoms with E-state index in [9.17, 15) is 8.78 Å². The van der Waals surface area contributed by atoms with Gasteiger partial charge in [-0.05, 0) is 6.42 Å². The van der Waals surface area contributed by atoms with Crippen LogP contribution in [0.3, 0.4) is 0 Å². The van der Waals surface area contributed by atoms with Crippen LogP contribution >= 0.6 is 22.6 Å². The molecule has 4 heteroatoms. The SMILES string of the molecule is NC1(C(F)F)CC1I. The zero-order valence-electron chi connectivity index (χ0n) is 4.07. The topological polar surface area (TPSA) is 26.0 Å². The fourth-order valence-electron chi connectivity index (χ4n) is 0.477. The molecule has 0 aromatic heterocycles. The monoisotopic (exact) mass is 233 g/mol. The van der Waals surface area contributed by atoms with Crippen LogP contribution in [-0.4, -0.2) is 15.9 Å². The minimum atomic E-state index is -2.34. The van der Waals surface area contributed by atoms with Gasteiger partial charge in [0.15, 0.2) is 0 Å². The van der Waals surface area contributed by atoms with Crippen molar-refractivity contribution >= 4 is 22.6 Å². The number of rotatable bonds is 1. The lowest BCUT2D eigenvalue weighted by atomic mass is 10.3. The van der Waals surface area contributed by atoms with Crippen molar-refractivity contribution in [3.63, 3.8) is 0 Å². The molecule has 0 saturated heterocycles. The molecule has 0 aliphatic heterocycles. The molecule has 1 nitrogen and oxygen atoms in total. The number of nitrogens with two attached hydrogens (primary N) is 1. The van der Waals surface area contributed by atoms with E-state index in [0.717, 1.165) is 0 Å². The van der Waals surface area contributed by atoms with Gasteiger partial charge in [0.1, 0.15) is 0 Å². The maximum atomic E-state index is 11.7. The van der Waals surface area contributed by atoms with Gasteiger partial charge < -0.3 is 5.73 Å². The van der Waals surface area contributed by atoms with Crippen LogP contribution in [0.15, 0.2) is 0 Å². The summed E-state index contributed by atoms with van der Waals surface area (Å²) in [7, 11) is 0. The molecule has 2 atom stereocenters. The van der Waals surface area contributed by atoms with Gasteiger partial charge in [0.05, 0.1) is 5.54 Å². The van der Waals surface area contributed by atoms with Crippen LogP contribution in [-0.2, 0) is 0 Å². The number of hydrogen-bond donors (Lipinski definition) is 1. The lowest BCUT2D eigenvalue weighted by Crippen LogP contribution is -2.33. The lowest BCUT2D eigenvalue weighted by molar-refractivity contribution is 0.106. The molecule has 8 heavy (non-hydrogen) atoms. The molecule has 48 valence electrons. The molecule has 0 spiro atoms. The first kappa shape index (κ1) is 6.67. The summed E-state index contributed by atoms with van der Waals surface area (Å²) < 4.78 is 23.4. The van der Waals surface area contributed by atoms with Crippen LogP contribution in [0.4, 0.5) is 8.78 Å². The van der Waals surface area contributed by atoms with E-state index in [1.807, 2.05) is 22.6 Å². The molecule has 2 N–H and O–H groups in total. The van der Waals surface area contributed by atoms with E-state index < -0.39 is 12.0 Å². The third-order valence-corrected chi connectivity index (χ3v) is 2.96. The van der Waals surface area contributed by atoms with Gasteiger partial charge in [-0.15, -0.1) is 0 Å². The average molecular weight is 233 g/mol. The molecule has 0 bridgehead atoms. The molecular formula is C4H6F2IN. The van der Waals surface area contributed by atoms with Crippen molar-refractivity contribution in [3.8, 4) is 0 Å². The Morgan fingerprint density at radius 1 is 1.75 bits per heavy atom. The summed E-state index contributed by atoms with van der Waals surface area (Å²) in [5, 5.41) is 0. The second-order valence-electron chi connectivity index (χ2n) is 2.08. The Labute approximate surface area is 59.8 Å². The summed E-state index contributed by atoms with van der Waals surface area (Å²) in [6.07, 6.45) is -1.88. The number of hydrogen-bond acceptors (Lipinski definition) is 1.